The Morgan fingerprint density at radius 3 is 2.24 bits per heavy atom. The third-order valence-electron chi connectivity index (χ3n) is 6.46. The van der Waals surface area contributed by atoms with Gasteiger partial charge in [0.25, 0.3) is 0 Å². The lowest BCUT2D eigenvalue weighted by molar-refractivity contribution is -0.127. The lowest BCUT2D eigenvalue weighted by Gasteiger charge is -2.34. The summed E-state index contributed by atoms with van der Waals surface area (Å²) in [5, 5.41) is 5.25. The summed E-state index contributed by atoms with van der Waals surface area (Å²) in [4.78, 5) is 30.5. The number of carbonyl (C=O) groups is 2. The molecule has 1 heterocycles. The Morgan fingerprint density at radius 2 is 1.64 bits per heavy atom. The van der Waals surface area contributed by atoms with Gasteiger partial charge < -0.3 is 5.32 Å². The Balaban J connectivity index is 1.81. The van der Waals surface area contributed by atoms with E-state index in [2.05, 4.69) is 5.32 Å². The van der Waals surface area contributed by atoms with Gasteiger partial charge in [-0.25, -0.2) is 0 Å². The second-order valence-electron chi connectivity index (χ2n) is 9.06. The zero-order chi connectivity index (χ0) is 23.4. The van der Waals surface area contributed by atoms with Crippen LogP contribution in [0.3, 0.4) is 0 Å². The van der Waals surface area contributed by atoms with Crippen molar-refractivity contribution in [2.45, 2.75) is 65.0 Å². The Bertz CT molecular complexity index is 1080. The summed E-state index contributed by atoms with van der Waals surface area (Å²) in [6.45, 7) is 6.05. The predicted octanol–water partition coefficient (Wildman–Crippen LogP) is 6.05. The summed E-state index contributed by atoms with van der Waals surface area (Å²) < 4.78 is 0. The molecule has 1 atom stereocenters. The average Bonchev–Trinajstić information content (AvgIpc) is 3.48. The molecule has 33 heavy (non-hydrogen) atoms. The standard InChI is InChI=1S/C28H32N2O2S/c1-19-13-15-22(16-14-19)27(28(32)29-23-10-4-5-11-23)30(25(31)18-24-12-7-17-33-24)26-20(2)8-6-9-21(26)3/h6-9,12-17,23,27H,4-5,10-11,18H2,1-3H3,(H,29,32)/t27-/m1/s1. The van der Waals surface area contributed by atoms with E-state index >= 15 is 0 Å². The van der Waals surface area contributed by atoms with E-state index in [4.69, 9.17) is 0 Å². The van der Waals surface area contributed by atoms with Crippen molar-refractivity contribution in [3.8, 4) is 0 Å². The molecule has 2 aromatic carbocycles. The number of nitrogens with one attached hydrogen (secondary N) is 1. The first-order chi connectivity index (χ1) is 15.9. The van der Waals surface area contributed by atoms with Crippen LogP contribution in [-0.4, -0.2) is 17.9 Å². The minimum atomic E-state index is -0.724. The largest absolute Gasteiger partial charge is 0.351 e. The monoisotopic (exact) mass is 460 g/mol. The molecule has 1 fully saturated rings. The SMILES string of the molecule is Cc1ccc([C@H](C(=O)NC2CCCC2)N(C(=O)Cc2cccs2)c2c(C)cccc2C)cc1. The number of benzene rings is 2. The fourth-order valence-corrected chi connectivity index (χ4v) is 5.44. The molecule has 3 aromatic rings. The van der Waals surface area contributed by atoms with Gasteiger partial charge in [0, 0.05) is 10.9 Å². The Kier molecular flexibility index (Phi) is 7.29. The lowest BCUT2D eigenvalue weighted by Crippen LogP contribution is -2.47. The molecule has 0 unspecified atom stereocenters. The smallest absolute Gasteiger partial charge is 0.248 e. The van der Waals surface area contributed by atoms with Crippen molar-refractivity contribution in [1.82, 2.24) is 5.32 Å². The summed E-state index contributed by atoms with van der Waals surface area (Å²) in [5.74, 6) is -0.171. The zero-order valence-corrected chi connectivity index (χ0v) is 20.5. The van der Waals surface area contributed by atoms with Gasteiger partial charge in [0.2, 0.25) is 11.8 Å². The van der Waals surface area contributed by atoms with Gasteiger partial charge in [-0.2, -0.15) is 0 Å². The van der Waals surface area contributed by atoms with Crippen LogP contribution in [0.15, 0.2) is 60.0 Å². The van der Waals surface area contributed by atoms with E-state index in [-0.39, 0.29) is 24.3 Å². The van der Waals surface area contributed by atoms with Gasteiger partial charge >= 0.3 is 0 Å². The van der Waals surface area contributed by atoms with Crippen LogP contribution in [0.2, 0.25) is 0 Å². The van der Waals surface area contributed by atoms with Crippen molar-refractivity contribution in [2.75, 3.05) is 4.90 Å². The van der Waals surface area contributed by atoms with Gasteiger partial charge in [-0.1, -0.05) is 66.9 Å². The molecule has 0 spiro atoms. The molecular weight excluding hydrogens is 428 g/mol. The van der Waals surface area contributed by atoms with Crippen molar-refractivity contribution >= 4 is 28.8 Å². The van der Waals surface area contributed by atoms with E-state index in [0.717, 1.165) is 58.5 Å². The van der Waals surface area contributed by atoms with Crippen molar-refractivity contribution in [3.63, 3.8) is 0 Å². The van der Waals surface area contributed by atoms with Crippen LogP contribution in [0.25, 0.3) is 0 Å². The molecule has 1 aliphatic rings. The third-order valence-corrected chi connectivity index (χ3v) is 7.33. The van der Waals surface area contributed by atoms with Crippen LogP contribution in [-0.2, 0) is 16.0 Å². The Morgan fingerprint density at radius 1 is 0.970 bits per heavy atom. The topological polar surface area (TPSA) is 49.4 Å². The van der Waals surface area contributed by atoms with Crippen LogP contribution in [0.5, 0.6) is 0 Å². The van der Waals surface area contributed by atoms with Gasteiger partial charge in [-0.15, -0.1) is 11.3 Å². The maximum Gasteiger partial charge on any atom is 0.248 e. The quantitative estimate of drug-likeness (QED) is 0.467. The number of rotatable bonds is 7. The number of amides is 2. The van der Waals surface area contributed by atoms with E-state index in [1.54, 1.807) is 16.2 Å². The minimum absolute atomic E-state index is 0.0676. The first kappa shape index (κ1) is 23.2. The summed E-state index contributed by atoms with van der Waals surface area (Å²) in [5.41, 5.74) is 4.75. The number of carbonyl (C=O) groups excluding carboxylic acids is 2. The number of nitrogens with zero attached hydrogens (tertiary/aromatic N) is 1. The van der Waals surface area contributed by atoms with Gasteiger partial charge in [0.05, 0.1) is 12.1 Å². The second kappa shape index (κ2) is 10.3. The molecular formula is C28H32N2O2S. The van der Waals surface area contributed by atoms with E-state index < -0.39 is 6.04 Å². The summed E-state index contributed by atoms with van der Waals surface area (Å²) >= 11 is 1.57. The van der Waals surface area contributed by atoms with Crippen molar-refractivity contribution < 1.29 is 9.59 Å². The highest BCUT2D eigenvalue weighted by molar-refractivity contribution is 7.10. The number of aryl methyl sites for hydroxylation is 3. The molecule has 0 bridgehead atoms. The van der Waals surface area contributed by atoms with Gasteiger partial charge in [-0.3, -0.25) is 14.5 Å². The molecule has 1 saturated carbocycles. The summed E-state index contributed by atoms with van der Waals surface area (Å²) in [7, 11) is 0. The normalized spacial score (nSPS) is 14.8. The molecule has 0 saturated heterocycles. The summed E-state index contributed by atoms with van der Waals surface area (Å²) in [6, 6.07) is 17.4. The zero-order valence-electron chi connectivity index (χ0n) is 19.6. The summed E-state index contributed by atoms with van der Waals surface area (Å²) in [6.07, 6.45) is 4.54. The molecule has 1 aliphatic carbocycles. The third kappa shape index (κ3) is 5.36. The van der Waals surface area contributed by atoms with E-state index in [1.165, 1.54) is 0 Å². The number of para-hydroxylation sites is 1. The molecule has 0 aliphatic heterocycles. The van der Waals surface area contributed by atoms with Crippen LogP contribution in [0.1, 0.15) is 58.9 Å². The highest BCUT2D eigenvalue weighted by atomic mass is 32.1. The molecule has 4 nitrogen and oxygen atoms in total. The maximum atomic E-state index is 13.9. The average molecular weight is 461 g/mol. The van der Waals surface area contributed by atoms with Crippen LogP contribution in [0, 0.1) is 20.8 Å². The fraction of sp³-hybridized carbons (Fsp3) is 0.357. The molecule has 1 N–H and O–H groups in total. The molecule has 2 amide bonds. The van der Waals surface area contributed by atoms with Crippen molar-refractivity contribution in [1.29, 1.82) is 0 Å². The highest BCUT2D eigenvalue weighted by Crippen LogP contribution is 2.34. The number of anilines is 1. The van der Waals surface area contributed by atoms with Crippen LogP contribution >= 0.6 is 11.3 Å². The minimum Gasteiger partial charge on any atom is -0.351 e. The Hall–Kier alpha value is -2.92. The van der Waals surface area contributed by atoms with Gasteiger partial charge in [0.15, 0.2) is 0 Å². The second-order valence-corrected chi connectivity index (χ2v) is 10.1. The van der Waals surface area contributed by atoms with Gasteiger partial charge in [-0.05, 0) is 61.7 Å². The first-order valence-corrected chi connectivity index (χ1v) is 12.6. The fourth-order valence-electron chi connectivity index (χ4n) is 4.75. The Labute approximate surface area is 200 Å². The van der Waals surface area contributed by atoms with Crippen molar-refractivity contribution in [3.05, 3.63) is 87.1 Å². The lowest BCUT2D eigenvalue weighted by atomic mass is 9.98. The van der Waals surface area contributed by atoms with Crippen LogP contribution < -0.4 is 10.2 Å². The van der Waals surface area contributed by atoms with Crippen molar-refractivity contribution in [2.24, 2.45) is 0 Å². The predicted molar refractivity (Wildman–Crippen MR) is 136 cm³/mol. The molecule has 1 aromatic heterocycles. The molecule has 5 heteroatoms. The number of hydrogen-bond acceptors (Lipinski definition) is 3. The van der Waals surface area contributed by atoms with E-state index in [9.17, 15) is 9.59 Å². The van der Waals surface area contributed by atoms with E-state index in [1.807, 2.05) is 80.7 Å². The number of hydrogen-bond donors (Lipinski definition) is 1. The molecule has 0 radical (unpaired) electrons. The maximum absolute atomic E-state index is 13.9. The molecule has 172 valence electrons. The van der Waals surface area contributed by atoms with E-state index in [0.29, 0.717) is 0 Å². The van der Waals surface area contributed by atoms with Gasteiger partial charge in [0.1, 0.15) is 6.04 Å². The number of thiophene rings is 1. The first-order valence-electron chi connectivity index (χ1n) is 11.7. The highest BCUT2D eigenvalue weighted by Gasteiger charge is 2.35. The van der Waals surface area contributed by atoms with Crippen LogP contribution in [0.4, 0.5) is 5.69 Å². The molecule has 4 rings (SSSR count).